The van der Waals surface area contributed by atoms with Gasteiger partial charge < -0.3 is 5.11 Å². The Morgan fingerprint density at radius 1 is 1.27 bits per heavy atom. The standard InChI is InChI=1S/C9H11NO4S/c1-3-7(11)10(8(12)4-2)6(5-15)9(13)14/h3-4,6,15H,1-2,5H2,(H,13,14)/t6-/m1/s1. The van der Waals surface area contributed by atoms with Gasteiger partial charge in [-0.3, -0.25) is 14.5 Å². The molecule has 0 bridgehead atoms. The highest BCUT2D eigenvalue weighted by Gasteiger charge is 2.30. The molecule has 0 aliphatic heterocycles. The lowest BCUT2D eigenvalue weighted by atomic mass is 10.2. The number of nitrogens with zero attached hydrogens (tertiary/aromatic N) is 1. The van der Waals surface area contributed by atoms with E-state index in [1.807, 2.05) is 0 Å². The van der Waals surface area contributed by atoms with Crippen LogP contribution < -0.4 is 0 Å². The van der Waals surface area contributed by atoms with E-state index in [0.29, 0.717) is 4.90 Å². The minimum absolute atomic E-state index is 0.172. The molecule has 0 unspecified atom stereocenters. The van der Waals surface area contributed by atoms with Gasteiger partial charge in [-0.1, -0.05) is 13.2 Å². The van der Waals surface area contributed by atoms with Gasteiger partial charge in [0.2, 0.25) is 0 Å². The van der Waals surface area contributed by atoms with E-state index in [1.165, 1.54) is 0 Å². The van der Waals surface area contributed by atoms with Gasteiger partial charge >= 0.3 is 5.97 Å². The van der Waals surface area contributed by atoms with Gasteiger partial charge in [-0.15, -0.1) is 0 Å². The van der Waals surface area contributed by atoms with Crippen LogP contribution in [0.15, 0.2) is 25.3 Å². The van der Waals surface area contributed by atoms with E-state index in [9.17, 15) is 14.4 Å². The fourth-order valence-corrected chi connectivity index (χ4v) is 1.20. The Hall–Kier alpha value is -1.56. The number of aliphatic carboxylic acids is 1. The molecule has 5 nitrogen and oxygen atoms in total. The van der Waals surface area contributed by atoms with Crippen LogP contribution in [0.3, 0.4) is 0 Å². The number of carboxylic acids is 1. The second-order valence-electron chi connectivity index (χ2n) is 2.49. The van der Waals surface area contributed by atoms with E-state index >= 15 is 0 Å². The third kappa shape index (κ3) is 3.25. The number of carbonyl (C=O) groups excluding carboxylic acids is 2. The number of imide groups is 1. The third-order valence-electron chi connectivity index (χ3n) is 1.59. The normalized spacial score (nSPS) is 11.3. The summed E-state index contributed by atoms with van der Waals surface area (Å²) in [6.07, 6.45) is 1.72. The summed E-state index contributed by atoms with van der Waals surface area (Å²) in [5.41, 5.74) is 0. The Labute approximate surface area is 92.5 Å². The number of hydrogen-bond acceptors (Lipinski definition) is 4. The molecule has 0 aliphatic rings. The fourth-order valence-electron chi connectivity index (χ4n) is 0.883. The Morgan fingerprint density at radius 2 is 1.67 bits per heavy atom. The van der Waals surface area contributed by atoms with Crippen molar-refractivity contribution in [2.75, 3.05) is 5.75 Å². The number of amides is 2. The van der Waals surface area contributed by atoms with E-state index in [0.717, 1.165) is 12.2 Å². The highest BCUT2D eigenvalue weighted by atomic mass is 32.1. The van der Waals surface area contributed by atoms with E-state index in [2.05, 4.69) is 25.8 Å². The van der Waals surface area contributed by atoms with Crippen molar-refractivity contribution in [3.05, 3.63) is 25.3 Å². The Morgan fingerprint density at radius 3 is 1.87 bits per heavy atom. The van der Waals surface area contributed by atoms with Gasteiger partial charge in [-0.05, 0) is 12.2 Å². The summed E-state index contributed by atoms with van der Waals surface area (Å²) in [5.74, 6) is -3.06. The van der Waals surface area contributed by atoms with Crippen molar-refractivity contribution in [1.29, 1.82) is 0 Å². The van der Waals surface area contributed by atoms with Gasteiger partial charge in [-0.2, -0.15) is 12.6 Å². The summed E-state index contributed by atoms with van der Waals surface area (Å²) < 4.78 is 0. The molecular weight excluding hydrogens is 218 g/mol. The second-order valence-corrected chi connectivity index (χ2v) is 2.86. The van der Waals surface area contributed by atoms with Gasteiger partial charge in [0, 0.05) is 5.75 Å². The molecule has 0 aliphatic carbocycles. The number of hydrogen-bond donors (Lipinski definition) is 2. The van der Waals surface area contributed by atoms with E-state index in [4.69, 9.17) is 5.11 Å². The SMILES string of the molecule is C=CC(=O)N(C(=O)C=C)[C@H](CS)C(=O)O. The molecule has 2 amide bonds. The molecule has 0 spiro atoms. The quantitative estimate of drug-likeness (QED) is 0.518. The van der Waals surface area contributed by atoms with Crippen molar-refractivity contribution in [1.82, 2.24) is 4.90 Å². The van der Waals surface area contributed by atoms with Crippen LogP contribution in [0.1, 0.15) is 0 Å². The van der Waals surface area contributed by atoms with Crippen molar-refractivity contribution in [2.24, 2.45) is 0 Å². The van der Waals surface area contributed by atoms with Crippen LogP contribution in [-0.4, -0.2) is 39.6 Å². The van der Waals surface area contributed by atoms with Crippen LogP contribution in [-0.2, 0) is 14.4 Å². The van der Waals surface area contributed by atoms with Crippen molar-refractivity contribution < 1.29 is 19.5 Å². The summed E-state index contributed by atoms with van der Waals surface area (Å²) in [5, 5.41) is 8.77. The first-order valence-electron chi connectivity index (χ1n) is 3.95. The predicted molar refractivity (Wildman–Crippen MR) is 57.5 cm³/mol. The van der Waals surface area contributed by atoms with Crippen LogP contribution in [0.4, 0.5) is 0 Å². The van der Waals surface area contributed by atoms with Gasteiger partial charge in [0.15, 0.2) is 0 Å². The molecule has 15 heavy (non-hydrogen) atoms. The molecule has 0 aromatic heterocycles. The maximum Gasteiger partial charge on any atom is 0.327 e. The third-order valence-corrected chi connectivity index (χ3v) is 1.94. The lowest BCUT2D eigenvalue weighted by Gasteiger charge is -2.23. The summed E-state index contributed by atoms with van der Waals surface area (Å²) >= 11 is 3.77. The molecule has 0 heterocycles. The van der Waals surface area contributed by atoms with Gasteiger partial charge in [-0.25, -0.2) is 4.79 Å². The van der Waals surface area contributed by atoms with E-state index in [-0.39, 0.29) is 5.75 Å². The van der Waals surface area contributed by atoms with Crippen LogP contribution in [0, 0.1) is 0 Å². The number of thiol groups is 1. The molecule has 82 valence electrons. The maximum absolute atomic E-state index is 11.3. The molecule has 0 radical (unpaired) electrons. The first kappa shape index (κ1) is 13.4. The minimum Gasteiger partial charge on any atom is -0.480 e. The van der Waals surface area contributed by atoms with Crippen LogP contribution in [0.2, 0.25) is 0 Å². The summed E-state index contributed by atoms with van der Waals surface area (Å²) in [4.78, 5) is 33.8. The first-order chi connectivity index (χ1) is 6.99. The number of rotatable bonds is 5. The molecule has 0 rings (SSSR count). The minimum atomic E-state index is -1.32. The highest BCUT2D eigenvalue weighted by molar-refractivity contribution is 7.80. The van der Waals surface area contributed by atoms with Gasteiger partial charge in [0.25, 0.3) is 11.8 Å². The van der Waals surface area contributed by atoms with E-state index < -0.39 is 23.8 Å². The molecular formula is C9H11NO4S. The highest BCUT2D eigenvalue weighted by Crippen LogP contribution is 2.05. The van der Waals surface area contributed by atoms with Crippen LogP contribution in [0.25, 0.3) is 0 Å². The molecule has 0 aromatic carbocycles. The monoisotopic (exact) mass is 229 g/mol. The smallest absolute Gasteiger partial charge is 0.327 e. The van der Waals surface area contributed by atoms with Crippen LogP contribution in [0.5, 0.6) is 0 Å². The molecule has 0 saturated heterocycles. The summed E-state index contributed by atoms with van der Waals surface area (Å²) in [6, 6.07) is -1.32. The second kappa shape index (κ2) is 6.02. The molecule has 1 atom stereocenters. The molecule has 0 fully saturated rings. The van der Waals surface area contributed by atoms with Gasteiger partial charge in [0.1, 0.15) is 6.04 Å². The van der Waals surface area contributed by atoms with E-state index in [1.54, 1.807) is 0 Å². The summed E-state index contributed by atoms with van der Waals surface area (Å²) in [7, 11) is 0. The average Bonchev–Trinajstić information content (AvgIpc) is 2.23. The zero-order valence-electron chi connectivity index (χ0n) is 7.92. The molecule has 1 N–H and O–H groups in total. The molecule has 6 heteroatoms. The van der Waals surface area contributed by atoms with Crippen LogP contribution >= 0.6 is 12.6 Å². The largest absolute Gasteiger partial charge is 0.480 e. The Bertz CT molecular complexity index is 293. The van der Waals surface area contributed by atoms with Crippen molar-refractivity contribution in [3.8, 4) is 0 Å². The maximum atomic E-state index is 11.3. The first-order valence-corrected chi connectivity index (χ1v) is 4.58. The lowest BCUT2D eigenvalue weighted by molar-refractivity contribution is -0.153. The Balaban J connectivity index is 5.15. The number of carboxylic acid groups (broad SMARTS) is 1. The fraction of sp³-hybridized carbons (Fsp3) is 0.222. The topological polar surface area (TPSA) is 74.7 Å². The predicted octanol–water partition coefficient (Wildman–Crippen LogP) is 0.0966. The zero-order chi connectivity index (χ0) is 12.0. The van der Waals surface area contributed by atoms with Crippen molar-refractivity contribution >= 4 is 30.4 Å². The average molecular weight is 229 g/mol. The lowest BCUT2D eigenvalue weighted by Crippen LogP contribution is -2.48. The molecule has 0 aromatic rings. The molecule has 0 saturated carbocycles. The van der Waals surface area contributed by atoms with Gasteiger partial charge in [0.05, 0.1) is 0 Å². The Kier molecular flexibility index (Phi) is 5.40. The van der Waals surface area contributed by atoms with Crippen molar-refractivity contribution in [3.63, 3.8) is 0 Å². The number of carbonyl (C=O) groups is 3. The van der Waals surface area contributed by atoms with Crippen molar-refractivity contribution in [2.45, 2.75) is 6.04 Å². The zero-order valence-corrected chi connectivity index (χ0v) is 8.81. The summed E-state index contributed by atoms with van der Waals surface area (Å²) in [6.45, 7) is 6.36.